The predicted molar refractivity (Wildman–Crippen MR) is 141 cm³/mol. The SMILES string of the molecule is N#Cc1ccc(Oc2ccc(NC(=O)N3CC(c4ccccc4)=C(c4ccc(Cl)cc4)N3)cc2)cc1. The van der Waals surface area contributed by atoms with Crippen molar-refractivity contribution >= 4 is 34.6 Å². The zero-order chi connectivity index (χ0) is 24.9. The molecule has 0 saturated carbocycles. The van der Waals surface area contributed by atoms with Gasteiger partial charge in [-0.05, 0) is 71.8 Å². The van der Waals surface area contributed by atoms with E-state index in [1.54, 1.807) is 53.5 Å². The van der Waals surface area contributed by atoms with Crippen LogP contribution in [0.1, 0.15) is 16.7 Å². The van der Waals surface area contributed by atoms with Crippen LogP contribution in [-0.4, -0.2) is 17.6 Å². The Labute approximate surface area is 214 Å². The Hall–Kier alpha value is -4.73. The summed E-state index contributed by atoms with van der Waals surface area (Å²) in [5, 5.41) is 14.0. The Bertz CT molecular complexity index is 1440. The van der Waals surface area contributed by atoms with Gasteiger partial charge >= 0.3 is 6.03 Å². The fourth-order valence-corrected chi connectivity index (χ4v) is 3.99. The molecule has 0 aliphatic carbocycles. The van der Waals surface area contributed by atoms with Gasteiger partial charge in [-0.1, -0.05) is 54.1 Å². The maximum Gasteiger partial charge on any atom is 0.340 e. The second-order valence-electron chi connectivity index (χ2n) is 8.12. The summed E-state index contributed by atoms with van der Waals surface area (Å²) in [7, 11) is 0. The van der Waals surface area contributed by atoms with Crippen LogP contribution in [0.2, 0.25) is 5.02 Å². The van der Waals surface area contributed by atoms with Crippen LogP contribution in [0.4, 0.5) is 10.5 Å². The fraction of sp³-hybridized carbons (Fsp3) is 0.0345. The summed E-state index contributed by atoms with van der Waals surface area (Å²) in [6.45, 7) is 0.397. The molecule has 0 fully saturated rings. The molecular weight excluding hydrogens is 472 g/mol. The van der Waals surface area contributed by atoms with Crippen LogP contribution in [0.15, 0.2) is 103 Å². The number of urea groups is 1. The predicted octanol–water partition coefficient (Wildman–Crippen LogP) is 6.92. The molecule has 0 spiro atoms. The van der Waals surface area contributed by atoms with Gasteiger partial charge in [-0.2, -0.15) is 5.26 Å². The quantitative estimate of drug-likeness (QED) is 0.317. The van der Waals surface area contributed by atoms with Crippen molar-refractivity contribution in [3.8, 4) is 17.6 Å². The summed E-state index contributed by atoms with van der Waals surface area (Å²) in [6.07, 6.45) is 0. The topological polar surface area (TPSA) is 77.4 Å². The number of hydrazine groups is 1. The zero-order valence-corrected chi connectivity index (χ0v) is 19.9. The minimum absolute atomic E-state index is 0.284. The molecule has 0 unspecified atom stereocenters. The number of ether oxygens (including phenoxy) is 1. The van der Waals surface area contributed by atoms with Crippen LogP contribution < -0.4 is 15.5 Å². The lowest BCUT2D eigenvalue weighted by molar-refractivity contribution is 0.210. The molecule has 2 N–H and O–H groups in total. The summed E-state index contributed by atoms with van der Waals surface area (Å²) in [5.74, 6) is 1.25. The minimum Gasteiger partial charge on any atom is -0.457 e. The van der Waals surface area contributed by atoms with E-state index in [2.05, 4.69) is 16.8 Å². The molecule has 36 heavy (non-hydrogen) atoms. The van der Waals surface area contributed by atoms with E-state index in [4.69, 9.17) is 21.6 Å². The van der Waals surface area contributed by atoms with Crippen molar-refractivity contribution in [2.75, 3.05) is 11.9 Å². The van der Waals surface area contributed by atoms with Crippen molar-refractivity contribution in [3.63, 3.8) is 0 Å². The summed E-state index contributed by atoms with van der Waals surface area (Å²) in [4.78, 5) is 13.1. The Morgan fingerprint density at radius 1 is 0.861 bits per heavy atom. The average molecular weight is 493 g/mol. The molecule has 1 heterocycles. The number of carbonyl (C=O) groups is 1. The van der Waals surface area contributed by atoms with Crippen molar-refractivity contribution in [2.45, 2.75) is 0 Å². The lowest BCUT2D eigenvalue weighted by Gasteiger charge is -2.19. The molecule has 0 bridgehead atoms. The highest BCUT2D eigenvalue weighted by Gasteiger charge is 2.27. The molecule has 4 aromatic rings. The standard InChI is InChI=1S/C29H21ClN4O2/c30-23-10-8-22(9-11-23)28-27(21-4-2-1-3-5-21)19-34(33-28)29(35)32-24-12-16-26(17-13-24)36-25-14-6-20(18-31)7-15-25/h1-17,33H,19H2,(H,32,35). The summed E-state index contributed by atoms with van der Waals surface area (Å²) in [5.41, 5.74) is 8.32. The maximum absolute atomic E-state index is 13.1. The number of nitriles is 1. The molecular formula is C29H21ClN4O2. The smallest absolute Gasteiger partial charge is 0.340 e. The maximum atomic E-state index is 13.1. The van der Waals surface area contributed by atoms with E-state index in [1.165, 1.54) is 0 Å². The second-order valence-corrected chi connectivity index (χ2v) is 8.55. The lowest BCUT2D eigenvalue weighted by atomic mass is 10.0. The van der Waals surface area contributed by atoms with Crippen molar-refractivity contribution in [1.82, 2.24) is 10.4 Å². The Kier molecular flexibility index (Phi) is 6.57. The first-order valence-electron chi connectivity index (χ1n) is 11.3. The lowest BCUT2D eigenvalue weighted by Crippen LogP contribution is -2.40. The molecule has 4 aromatic carbocycles. The van der Waals surface area contributed by atoms with Crippen molar-refractivity contribution in [1.29, 1.82) is 5.26 Å². The third-order valence-electron chi connectivity index (χ3n) is 5.69. The van der Waals surface area contributed by atoms with E-state index in [0.717, 1.165) is 22.4 Å². The molecule has 0 aromatic heterocycles. The summed E-state index contributed by atoms with van der Waals surface area (Å²) in [6, 6.07) is 33.3. The van der Waals surface area contributed by atoms with Gasteiger partial charge in [-0.15, -0.1) is 0 Å². The van der Waals surface area contributed by atoms with Crippen LogP contribution in [0.25, 0.3) is 11.3 Å². The number of amides is 2. The van der Waals surface area contributed by atoms with E-state index >= 15 is 0 Å². The largest absolute Gasteiger partial charge is 0.457 e. The molecule has 176 valence electrons. The highest BCUT2D eigenvalue weighted by atomic mass is 35.5. The number of nitrogens with one attached hydrogen (secondary N) is 2. The number of carbonyl (C=O) groups excluding carboxylic acids is 1. The van der Waals surface area contributed by atoms with Crippen LogP contribution in [0, 0.1) is 11.3 Å². The number of nitrogens with zero attached hydrogens (tertiary/aromatic N) is 2. The highest BCUT2D eigenvalue weighted by molar-refractivity contribution is 6.30. The molecule has 0 atom stereocenters. The normalized spacial score (nSPS) is 12.6. The van der Waals surface area contributed by atoms with Gasteiger partial charge in [-0.25, -0.2) is 9.80 Å². The molecule has 1 aliphatic rings. The Morgan fingerprint density at radius 3 is 2.14 bits per heavy atom. The minimum atomic E-state index is -0.284. The van der Waals surface area contributed by atoms with Gasteiger partial charge in [0, 0.05) is 16.3 Å². The van der Waals surface area contributed by atoms with Crippen molar-refractivity contribution in [2.24, 2.45) is 0 Å². The third-order valence-corrected chi connectivity index (χ3v) is 5.94. The first-order chi connectivity index (χ1) is 17.6. The molecule has 2 amide bonds. The monoisotopic (exact) mass is 492 g/mol. The second kappa shape index (κ2) is 10.3. The molecule has 0 radical (unpaired) electrons. The van der Waals surface area contributed by atoms with Crippen LogP contribution in [-0.2, 0) is 0 Å². The Balaban J connectivity index is 1.28. The summed E-state index contributed by atoms with van der Waals surface area (Å²) < 4.78 is 5.81. The van der Waals surface area contributed by atoms with E-state index in [-0.39, 0.29) is 6.03 Å². The zero-order valence-electron chi connectivity index (χ0n) is 19.1. The van der Waals surface area contributed by atoms with E-state index in [9.17, 15) is 4.79 Å². The van der Waals surface area contributed by atoms with Gasteiger partial charge in [0.1, 0.15) is 11.5 Å². The van der Waals surface area contributed by atoms with Crippen molar-refractivity contribution in [3.05, 3.63) is 125 Å². The van der Waals surface area contributed by atoms with Gasteiger partial charge in [0.15, 0.2) is 0 Å². The van der Waals surface area contributed by atoms with E-state index in [0.29, 0.717) is 34.3 Å². The van der Waals surface area contributed by atoms with Crippen LogP contribution >= 0.6 is 11.6 Å². The van der Waals surface area contributed by atoms with Gasteiger partial charge in [0.2, 0.25) is 0 Å². The fourth-order valence-electron chi connectivity index (χ4n) is 3.86. The molecule has 0 saturated heterocycles. The first-order valence-corrected chi connectivity index (χ1v) is 11.6. The van der Waals surface area contributed by atoms with Gasteiger partial charge < -0.3 is 10.1 Å². The van der Waals surface area contributed by atoms with E-state index in [1.807, 2.05) is 54.6 Å². The number of hydrogen-bond donors (Lipinski definition) is 2. The average Bonchev–Trinajstić information content (AvgIpc) is 3.37. The highest BCUT2D eigenvalue weighted by Crippen LogP contribution is 2.31. The number of benzene rings is 4. The molecule has 1 aliphatic heterocycles. The number of hydrogen-bond acceptors (Lipinski definition) is 4. The summed E-state index contributed by atoms with van der Waals surface area (Å²) >= 11 is 6.08. The third kappa shape index (κ3) is 5.17. The molecule has 6 nitrogen and oxygen atoms in total. The van der Waals surface area contributed by atoms with Gasteiger partial charge in [0.25, 0.3) is 0 Å². The molecule has 7 heteroatoms. The first kappa shape index (κ1) is 23.0. The van der Waals surface area contributed by atoms with Gasteiger partial charge in [0.05, 0.1) is 23.9 Å². The van der Waals surface area contributed by atoms with Crippen LogP contribution in [0.3, 0.4) is 0 Å². The van der Waals surface area contributed by atoms with Gasteiger partial charge in [-0.3, -0.25) is 5.43 Å². The van der Waals surface area contributed by atoms with E-state index < -0.39 is 0 Å². The number of halogens is 1. The number of anilines is 1. The van der Waals surface area contributed by atoms with Crippen molar-refractivity contribution < 1.29 is 9.53 Å². The van der Waals surface area contributed by atoms with Crippen LogP contribution in [0.5, 0.6) is 11.5 Å². The Morgan fingerprint density at radius 2 is 1.50 bits per heavy atom. The number of rotatable bonds is 5. The molecule has 5 rings (SSSR count).